The quantitative estimate of drug-likeness (QED) is 0.885. The Morgan fingerprint density at radius 3 is 2.33 bits per heavy atom. The van der Waals surface area contributed by atoms with Crippen LogP contribution in [-0.2, 0) is 6.54 Å². The molecule has 18 heavy (non-hydrogen) atoms. The fraction of sp³-hybridized carbons (Fsp3) is 0.0833. The lowest BCUT2D eigenvalue weighted by Crippen LogP contribution is -2.01. The molecule has 1 heterocycles. The van der Waals surface area contributed by atoms with E-state index in [0.29, 0.717) is 5.69 Å². The Bertz CT molecular complexity index is 552. The number of phenolic OH excluding ortho intramolecular Hbond substituents is 1. The van der Waals surface area contributed by atoms with Crippen molar-refractivity contribution in [1.82, 2.24) is 4.98 Å². The molecule has 0 radical (unpaired) electrons. The van der Waals surface area contributed by atoms with Crippen LogP contribution < -0.4 is 5.32 Å². The normalized spacial score (nSPS) is 10.4. The van der Waals surface area contributed by atoms with Gasteiger partial charge in [-0.25, -0.2) is 13.2 Å². The third-order valence-corrected chi connectivity index (χ3v) is 2.28. The van der Waals surface area contributed by atoms with Gasteiger partial charge in [0.25, 0.3) is 0 Å². The van der Waals surface area contributed by atoms with Gasteiger partial charge >= 0.3 is 0 Å². The molecule has 0 aliphatic heterocycles. The number of pyridine rings is 1. The molecule has 0 saturated carbocycles. The lowest BCUT2D eigenvalue weighted by molar-refractivity contribution is 0.395. The second-order valence-electron chi connectivity index (χ2n) is 3.65. The number of nitrogens with zero attached hydrogens (tertiary/aromatic N) is 1. The van der Waals surface area contributed by atoms with E-state index in [1.54, 1.807) is 0 Å². The van der Waals surface area contributed by atoms with Crippen LogP contribution in [0.25, 0.3) is 0 Å². The topological polar surface area (TPSA) is 45.1 Å². The number of halogens is 3. The lowest BCUT2D eigenvalue weighted by atomic mass is 10.2. The van der Waals surface area contributed by atoms with Gasteiger partial charge in [-0.2, -0.15) is 0 Å². The Morgan fingerprint density at radius 2 is 1.72 bits per heavy atom. The van der Waals surface area contributed by atoms with Crippen molar-refractivity contribution in [3.63, 3.8) is 0 Å². The molecule has 3 nitrogen and oxygen atoms in total. The molecule has 0 fully saturated rings. The summed E-state index contributed by atoms with van der Waals surface area (Å²) in [4.78, 5) is 3.62. The first kappa shape index (κ1) is 12.2. The van der Waals surface area contributed by atoms with Gasteiger partial charge in [-0.1, -0.05) is 0 Å². The number of aromatic nitrogens is 1. The summed E-state index contributed by atoms with van der Waals surface area (Å²) in [6.07, 6.45) is 2.43. The van der Waals surface area contributed by atoms with E-state index in [-0.39, 0.29) is 12.1 Å². The third-order valence-electron chi connectivity index (χ3n) is 2.28. The standard InChI is InChI=1S/C12H9F3N2O/c13-8-3-9(6-16-5-8)17-4-7-1-10(14)12(18)11(15)2-7/h1-3,5-6,17-18H,4H2. The highest BCUT2D eigenvalue weighted by Crippen LogP contribution is 2.22. The van der Waals surface area contributed by atoms with E-state index in [1.165, 1.54) is 12.3 Å². The van der Waals surface area contributed by atoms with Gasteiger partial charge in [0.1, 0.15) is 5.82 Å². The first-order valence-electron chi connectivity index (χ1n) is 5.07. The van der Waals surface area contributed by atoms with Crippen molar-refractivity contribution >= 4 is 5.69 Å². The van der Waals surface area contributed by atoms with Crippen molar-refractivity contribution < 1.29 is 18.3 Å². The van der Waals surface area contributed by atoms with Crippen LogP contribution in [0.1, 0.15) is 5.56 Å². The summed E-state index contributed by atoms with van der Waals surface area (Å²) in [7, 11) is 0. The molecule has 0 bridgehead atoms. The van der Waals surface area contributed by atoms with Crippen molar-refractivity contribution in [2.75, 3.05) is 5.32 Å². The van der Waals surface area contributed by atoms with Gasteiger partial charge in [0, 0.05) is 12.6 Å². The van der Waals surface area contributed by atoms with Crippen LogP contribution in [-0.4, -0.2) is 10.1 Å². The molecule has 94 valence electrons. The summed E-state index contributed by atoms with van der Waals surface area (Å²) in [5.41, 5.74) is 0.677. The Labute approximate surface area is 101 Å². The Morgan fingerprint density at radius 1 is 1.06 bits per heavy atom. The van der Waals surface area contributed by atoms with Gasteiger partial charge < -0.3 is 10.4 Å². The largest absolute Gasteiger partial charge is 0.503 e. The number of anilines is 1. The van der Waals surface area contributed by atoms with Crippen LogP contribution >= 0.6 is 0 Å². The van der Waals surface area contributed by atoms with E-state index in [0.717, 1.165) is 18.3 Å². The molecule has 0 unspecified atom stereocenters. The zero-order valence-electron chi connectivity index (χ0n) is 9.12. The zero-order valence-corrected chi connectivity index (χ0v) is 9.12. The van der Waals surface area contributed by atoms with Crippen LogP contribution in [0, 0.1) is 17.5 Å². The highest BCUT2D eigenvalue weighted by atomic mass is 19.1. The minimum atomic E-state index is -1.04. The van der Waals surface area contributed by atoms with Crippen LogP contribution in [0.4, 0.5) is 18.9 Å². The van der Waals surface area contributed by atoms with Crippen molar-refractivity contribution in [2.45, 2.75) is 6.54 Å². The highest BCUT2D eigenvalue weighted by Gasteiger charge is 2.09. The smallest absolute Gasteiger partial charge is 0.187 e. The van der Waals surface area contributed by atoms with Crippen molar-refractivity contribution in [2.24, 2.45) is 0 Å². The molecule has 6 heteroatoms. The van der Waals surface area contributed by atoms with E-state index in [9.17, 15) is 13.2 Å². The van der Waals surface area contributed by atoms with Crippen molar-refractivity contribution in [3.05, 3.63) is 53.6 Å². The molecule has 0 atom stereocenters. The maximum atomic E-state index is 13.0. The maximum Gasteiger partial charge on any atom is 0.187 e. The summed E-state index contributed by atoms with van der Waals surface area (Å²) in [6.45, 7) is 0.0826. The Balaban J connectivity index is 2.11. The second-order valence-corrected chi connectivity index (χ2v) is 3.65. The summed E-state index contributed by atoms with van der Waals surface area (Å²) < 4.78 is 38.9. The first-order valence-corrected chi connectivity index (χ1v) is 5.07. The van der Waals surface area contributed by atoms with Crippen molar-refractivity contribution in [3.8, 4) is 5.75 Å². The molecule has 0 spiro atoms. The molecule has 2 N–H and O–H groups in total. The average Bonchev–Trinajstić information content (AvgIpc) is 2.33. The van der Waals surface area contributed by atoms with Crippen LogP contribution in [0.5, 0.6) is 5.75 Å². The Hall–Kier alpha value is -2.24. The zero-order chi connectivity index (χ0) is 13.1. The molecular weight excluding hydrogens is 245 g/mol. The van der Waals surface area contributed by atoms with Gasteiger partial charge in [0.05, 0.1) is 18.1 Å². The lowest BCUT2D eigenvalue weighted by Gasteiger charge is -2.07. The van der Waals surface area contributed by atoms with Gasteiger partial charge in [-0.3, -0.25) is 4.98 Å². The number of benzene rings is 1. The maximum absolute atomic E-state index is 13.0. The van der Waals surface area contributed by atoms with E-state index >= 15 is 0 Å². The number of aromatic hydroxyl groups is 1. The molecular formula is C12H9F3N2O. The van der Waals surface area contributed by atoms with E-state index in [4.69, 9.17) is 5.11 Å². The van der Waals surface area contributed by atoms with E-state index in [1.807, 2.05) is 0 Å². The summed E-state index contributed by atoms with van der Waals surface area (Å²) in [6, 6.07) is 3.20. The van der Waals surface area contributed by atoms with Crippen LogP contribution in [0.2, 0.25) is 0 Å². The van der Waals surface area contributed by atoms with Crippen LogP contribution in [0.3, 0.4) is 0 Å². The summed E-state index contributed by atoms with van der Waals surface area (Å²) in [5.74, 6) is -3.59. The van der Waals surface area contributed by atoms with Gasteiger partial charge in [-0.05, 0) is 17.7 Å². The number of rotatable bonds is 3. The number of nitrogens with one attached hydrogen (secondary N) is 1. The Kier molecular flexibility index (Phi) is 3.36. The summed E-state index contributed by atoms with van der Waals surface area (Å²) in [5, 5.41) is 11.7. The molecule has 0 saturated heterocycles. The fourth-order valence-electron chi connectivity index (χ4n) is 1.43. The predicted molar refractivity (Wildman–Crippen MR) is 59.5 cm³/mol. The van der Waals surface area contributed by atoms with Gasteiger partial charge in [0.15, 0.2) is 17.4 Å². The first-order chi connectivity index (χ1) is 8.56. The fourth-order valence-corrected chi connectivity index (χ4v) is 1.43. The van der Waals surface area contributed by atoms with Gasteiger partial charge in [-0.15, -0.1) is 0 Å². The highest BCUT2D eigenvalue weighted by molar-refractivity contribution is 5.41. The predicted octanol–water partition coefficient (Wildman–Crippen LogP) is 2.82. The minimum Gasteiger partial charge on any atom is -0.503 e. The molecule has 1 aromatic heterocycles. The minimum absolute atomic E-state index is 0.0826. The molecule has 0 aliphatic carbocycles. The monoisotopic (exact) mass is 254 g/mol. The molecule has 0 aliphatic rings. The summed E-state index contributed by atoms with van der Waals surface area (Å²) >= 11 is 0. The van der Waals surface area contributed by atoms with E-state index in [2.05, 4.69) is 10.3 Å². The van der Waals surface area contributed by atoms with Crippen LogP contribution in [0.15, 0.2) is 30.6 Å². The molecule has 2 aromatic rings. The second kappa shape index (κ2) is 4.95. The average molecular weight is 254 g/mol. The van der Waals surface area contributed by atoms with E-state index < -0.39 is 23.2 Å². The molecule has 2 rings (SSSR count). The third kappa shape index (κ3) is 2.71. The number of hydrogen-bond donors (Lipinski definition) is 2. The SMILES string of the molecule is Oc1c(F)cc(CNc2cncc(F)c2)cc1F. The van der Waals surface area contributed by atoms with Crippen molar-refractivity contribution in [1.29, 1.82) is 0 Å². The number of hydrogen-bond acceptors (Lipinski definition) is 3. The molecule has 1 aromatic carbocycles. The number of phenols is 1. The molecule has 0 amide bonds. The van der Waals surface area contributed by atoms with Gasteiger partial charge in [0.2, 0.25) is 0 Å².